The number of benzene rings is 1. The molecule has 1 aromatic heterocycles. The van der Waals surface area contributed by atoms with Crippen molar-refractivity contribution in [2.45, 2.75) is 33.1 Å². The highest BCUT2D eigenvalue weighted by Crippen LogP contribution is 2.19. The fourth-order valence-electron chi connectivity index (χ4n) is 3.20. The predicted molar refractivity (Wildman–Crippen MR) is 92.8 cm³/mol. The van der Waals surface area contributed by atoms with Crippen LogP contribution < -0.4 is 0 Å². The SMILES string of the molecule is CCN(CCC(=O)N1CCCC1)C(=O)c1n[nH]c2ccc(C)cc12. The van der Waals surface area contributed by atoms with E-state index in [-0.39, 0.29) is 11.8 Å². The molecule has 2 aromatic rings. The summed E-state index contributed by atoms with van der Waals surface area (Å²) in [5, 5.41) is 7.95. The van der Waals surface area contributed by atoms with Crippen molar-refractivity contribution in [3.8, 4) is 0 Å². The van der Waals surface area contributed by atoms with E-state index in [0.29, 0.717) is 25.2 Å². The van der Waals surface area contributed by atoms with Crippen LogP contribution in [0.1, 0.15) is 42.2 Å². The van der Waals surface area contributed by atoms with Gasteiger partial charge in [-0.15, -0.1) is 0 Å². The van der Waals surface area contributed by atoms with E-state index >= 15 is 0 Å². The molecule has 0 bridgehead atoms. The Hall–Kier alpha value is -2.37. The normalized spacial score (nSPS) is 14.3. The lowest BCUT2D eigenvalue weighted by Gasteiger charge is -2.22. The fourth-order valence-corrected chi connectivity index (χ4v) is 3.20. The highest BCUT2D eigenvalue weighted by molar-refractivity contribution is 6.04. The topological polar surface area (TPSA) is 69.3 Å². The van der Waals surface area contributed by atoms with Crippen LogP contribution in [0.4, 0.5) is 0 Å². The number of amides is 2. The van der Waals surface area contributed by atoms with E-state index in [2.05, 4.69) is 10.2 Å². The highest BCUT2D eigenvalue weighted by atomic mass is 16.2. The molecule has 0 atom stereocenters. The number of rotatable bonds is 5. The van der Waals surface area contributed by atoms with E-state index in [4.69, 9.17) is 0 Å². The van der Waals surface area contributed by atoms with Crippen molar-refractivity contribution in [3.05, 3.63) is 29.5 Å². The van der Waals surface area contributed by atoms with Gasteiger partial charge in [0.05, 0.1) is 5.52 Å². The molecule has 0 spiro atoms. The van der Waals surface area contributed by atoms with Gasteiger partial charge >= 0.3 is 0 Å². The zero-order valence-electron chi connectivity index (χ0n) is 14.3. The second kappa shape index (κ2) is 7.03. The van der Waals surface area contributed by atoms with Crippen LogP contribution in [-0.4, -0.2) is 58.0 Å². The Kier molecular flexibility index (Phi) is 4.83. The van der Waals surface area contributed by atoms with E-state index in [1.165, 1.54) is 0 Å². The van der Waals surface area contributed by atoms with Crippen LogP contribution in [0.15, 0.2) is 18.2 Å². The van der Waals surface area contributed by atoms with Gasteiger partial charge < -0.3 is 9.80 Å². The number of hydrogen-bond acceptors (Lipinski definition) is 3. The van der Waals surface area contributed by atoms with Crippen molar-refractivity contribution in [1.29, 1.82) is 0 Å². The number of nitrogens with one attached hydrogen (secondary N) is 1. The van der Waals surface area contributed by atoms with Crippen LogP contribution in [-0.2, 0) is 4.79 Å². The number of likely N-dealkylation sites (tertiary alicyclic amines) is 1. The van der Waals surface area contributed by atoms with Gasteiger partial charge in [-0.25, -0.2) is 0 Å². The first kappa shape index (κ1) is 16.5. The summed E-state index contributed by atoms with van der Waals surface area (Å²) in [6.07, 6.45) is 2.54. The van der Waals surface area contributed by atoms with Crippen molar-refractivity contribution < 1.29 is 9.59 Å². The number of carbonyl (C=O) groups is 2. The van der Waals surface area contributed by atoms with Crippen molar-refractivity contribution in [3.63, 3.8) is 0 Å². The molecule has 0 aliphatic carbocycles. The number of aryl methyl sites for hydroxylation is 1. The Labute approximate surface area is 141 Å². The van der Waals surface area contributed by atoms with Crippen LogP contribution in [0.25, 0.3) is 10.9 Å². The third-order valence-electron chi connectivity index (χ3n) is 4.64. The molecule has 0 saturated carbocycles. The second-order valence-corrected chi connectivity index (χ2v) is 6.34. The maximum atomic E-state index is 12.8. The molecule has 1 fully saturated rings. The summed E-state index contributed by atoms with van der Waals surface area (Å²) in [5.41, 5.74) is 2.38. The average Bonchev–Trinajstić information content (AvgIpc) is 3.24. The van der Waals surface area contributed by atoms with Crippen molar-refractivity contribution >= 4 is 22.7 Å². The molecule has 3 rings (SSSR count). The number of aromatic nitrogens is 2. The molecule has 1 aliphatic rings. The van der Waals surface area contributed by atoms with Crippen LogP contribution >= 0.6 is 0 Å². The maximum absolute atomic E-state index is 12.8. The summed E-state index contributed by atoms with van der Waals surface area (Å²) in [6.45, 7) is 6.62. The lowest BCUT2D eigenvalue weighted by molar-refractivity contribution is -0.130. The number of H-pyrrole nitrogens is 1. The smallest absolute Gasteiger partial charge is 0.274 e. The molecule has 6 nitrogen and oxygen atoms in total. The van der Waals surface area contributed by atoms with Crippen molar-refractivity contribution in [2.75, 3.05) is 26.2 Å². The molecular weight excluding hydrogens is 304 g/mol. The lowest BCUT2D eigenvalue weighted by atomic mass is 10.1. The average molecular weight is 328 g/mol. The molecule has 1 aromatic carbocycles. The van der Waals surface area contributed by atoms with E-state index in [1.807, 2.05) is 36.9 Å². The molecular formula is C18H24N4O2. The minimum absolute atomic E-state index is 0.122. The van der Waals surface area contributed by atoms with Crippen LogP contribution in [0.3, 0.4) is 0 Å². The molecule has 1 saturated heterocycles. The summed E-state index contributed by atoms with van der Waals surface area (Å²) in [6, 6.07) is 5.89. The second-order valence-electron chi connectivity index (χ2n) is 6.34. The van der Waals surface area contributed by atoms with Gasteiger partial charge in [0.15, 0.2) is 5.69 Å². The number of hydrogen-bond donors (Lipinski definition) is 1. The monoisotopic (exact) mass is 328 g/mol. The Balaban J connectivity index is 1.71. The zero-order valence-corrected chi connectivity index (χ0v) is 14.3. The van der Waals surface area contributed by atoms with E-state index < -0.39 is 0 Å². The third-order valence-corrected chi connectivity index (χ3v) is 4.64. The largest absolute Gasteiger partial charge is 0.343 e. The number of nitrogens with zero attached hydrogens (tertiary/aromatic N) is 3. The van der Waals surface area contributed by atoms with Gasteiger partial charge in [0.1, 0.15) is 0 Å². The zero-order chi connectivity index (χ0) is 17.1. The quantitative estimate of drug-likeness (QED) is 0.916. The number of fused-ring (bicyclic) bond motifs is 1. The van der Waals surface area contributed by atoms with E-state index in [1.54, 1.807) is 4.90 Å². The van der Waals surface area contributed by atoms with Crippen molar-refractivity contribution in [2.24, 2.45) is 0 Å². The minimum Gasteiger partial charge on any atom is -0.343 e. The first-order chi connectivity index (χ1) is 11.6. The molecule has 0 radical (unpaired) electrons. The molecule has 0 unspecified atom stereocenters. The van der Waals surface area contributed by atoms with Gasteiger partial charge in [-0.3, -0.25) is 14.7 Å². The van der Waals surface area contributed by atoms with Crippen LogP contribution in [0, 0.1) is 6.92 Å². The Morgan fingerprint density at radius 3 is 2.75 bits per heavy atom. The molecule has 6 heteroatoms. The van der Waals surface area contributed by atoms with Gasteiger partial charge in [0, 0.05) is 38.0 Å². The summed E-state index contributed by atoms with van der Waals surface area (Å²) < 4.78 is 0. The standard InChI is InChI=1S/C18H24N4O2/c1-3-21(11-8-16(23)22-9-4-5-10-22)18(24)17-14-12-13(2)6-7-15(14)19-20-17/h6-7,12H,3-5,8-11H2,1-2H3,(H,19,20). The highest BCUT2D eigenvalue weighted by Gasteiger charge is 2.23. The minimum atomic E-state index is -0.122. The number of carbonyl (C=O) groups excluding carboxylic acids is 2. The van der Waals surface area contributed by atoms with Gasteiger partial charge in [-0.05, 0) is 38.8 Å². The van der Waals surface area contributed by atoms with Crippen LogP contribution in [0.5, 0.6) is 0 Å². The molecule has 1 aliphatic heterocycles. The van der Waals surface area contributed by atoms with E-state index in [9.17, 15) is 9.59 Å². The number of aromatic amines is 1. The Morgan fingerprint density at radius 2 is 2.04 bits per heavy atom. The molecule has 1 N–H and O–H groups in total. The van der Waals surface area contributed by atoms with Crippen LogP contribution in [0.2, 0.25) is 0 Å². The van der Waals surface area contributed by atoms with Gasteiger partial charge in [-0.1, -0.05) is 11.6 Å². The molecule has 24 heavy (non-hydrogen) atoms. The Bertz CT molecular complexity index is 747. The maximum Gasteiger partial charge on any atom is 0.274 e. The summed E-state index contributed by atoms with van der Waals surface area (Å²) in [5.74, 6) is 0.0186. The predicted octanol–water partition coefficient (Wildman–Crippen LogP) is 2.35. The van der Waals surface area contributed by atoms with Gasteiger partial charge in [0.2, 0.25) is 5.91 Å². The fraction of sp³-hybridized carbons (Fsp3) is 0.500. The van der Waals surface area contributed by atoms with Crippen molar-refractivity contribution in [1.82, 2.24) is 20.0 Å². The van der Waals surface area contributed by atoms with E-state index in [0.717, 1.165) is 42.4 Å². The molecule has 2 amide bonds. The van der Waals surface area contributed by atoms with Gasteiger partial charge in [-0.2, -0.15) is 5.10 Å². The third kappa shape index (κ3) is 3.27. The first-order valence-corrected chi connectivity index (χ1v) is 8.62. The molecule has 128 valence electrons. The molecule has 2 heterocycles. The van der Waals surface area contributed by atoms with Gasteiger partial charge in [0.25, 0.3) is 5.91 Å². The lowest BCUT2D eigenvalue weighted by Crippen LogP contribution is -2.36. The summed E-state index contributed by atoms with van der Waals surface area (Å²) in [4.78, 5) is 28.6. The first-order valence-electron chi connectivity index (χ1n) is 8.62. The Morgan fingerprint density at radius 1 is 1.29 bits per heavy atom. The summed E-state index contributed by atoms with van der Waals surface area (Å²) in [7, 11) is 0. The summed E-state index contributed by atoms with van der Waals surface area (Å²) >= 11 is 0.